The van der Waals surface area contributed by atoms with Gasteiger partial charge in [-0.25, -0.2) is 0 Å². The molecule has 16 heavy (non-hydrogen) atoms. The Morgan fingerprint density at radius 3 is 3.06 bits per heavy atom. The summed E-state index contributed by atoms with van der Waals surface area (Å²) in [6, 6.07) is 5.80. The zero-order valence-corrected chi connectivity index (χ0v) is 10.7. The predicted molar refractivity (Wildman–Crippen MR) is 65.6 cm³/mol. The molecule has 1 aliphatic rings. The zero-order valence-electron chi connectivity index (χ0n) is 9.13. The van der Waals surface area contributed by atoms with Gasteiger partial charge >= 0.3 is 0 Å². The summed E-state index contributed by atoms with van der Waals surface area (Å²) >= 11 is 3.42. The molecule has 0 aromatic heterocycles. The molecule has 0 saturated carbocycles. The van der Waals surface area contributed by atoms with Gasteiger partial charge in [-0.3, -0.25) is 4.79 Å². The number of ether oxygens (including phenoxy) is 1. The van der Waals surface area contributed by atoms with Crippen molar-refractivity contribution in [1.29, 1.82) is 0 Å². The van der Waals surface area contributed by atoms with Gasteiger partial charge < -0.3 is 10.1 Å². The van der Waals surface area contributed by atoms with E-state index in [4.69, 9.17) is 4.74 Å². The van der Waals surface area contributed by atoms with E-state index in [0.717, 1.165) is 28.6 Å². The van der Waals surface area contributed by atoms with Gasteiger partial charge in [0.15, 0.2) is 0 Å². The van der Waals surface area contributed by atoms with Gasteiger partial charge in [0.1, 0.15) is 0 Å². The van der Waals surface area contributed by atoms with E-state index in [1.165, 1.54) is 0 Å². The second-order valence-corrected chi connectivity index (χ2v) is 4.80. The van der Waals surface area contributed by atoms with Crippen LogP contribution in [0.15, 0.2) is 22.7 Å². The molecule has 1 aliphatic heterocycles. The van der Waals surface area contributed by atoms with Gasteiger partial charge in [-0.2, -0.15) is 0 Å². The average Bonchev–Trinajstić information content (AvgIpc) is 2.74. The smallest absolute Gasteiger partial charge is 0.251 e. The number of hydrogen-bond acceptors (Lipinski definition) is 2. The summed E-state index contributed by atoms with van der Waals surface area (Å²) in [5.74, 6) is -0.0192. The average molecular weight is 284 g/mol. The third kappa shape index (κ3) is 2.44. The van der Waals surface area contributed by atoms with Gasteiger partial charge in [0.25, 0.3) is 5.91 Å². The molecule has 0 spiro atoms. The maximum Gasteiger partial charge on any atom is 0.251 e. The number of nitrogens with one attached hydrogen (secondary N) is 1. The van der Waals surface area contributed by atoms with Crippen LogP contribution in [0.1, 0.15) is 22.3 Å². The molecule has 0 aliphatic carbocycles. The van der Waals surface area contributed by atoms with Crippen molar-refractivity contribution in [2.24, 2.45) is 0 Å². The zero-order chi connectivity index (χ0) is 11.5. The highest BCUT2D eigenvalue weighted by Crippen LogP contribution is 2.19. The van der Waals surface area contributed by atoms with Crippen LogP contribution in [0.4, 0.5) is 0 Å². The molecule has 0 radical (unpaired) electrons. The van der Waals surface area contributed by atoms with Crippen LogP contribution >= 0.6 is 15.9 Å². The maximum atomic E-state index is 12.0. The van der Waals surface area contributed by atoms with Gasteiger partial charge in [-0.05, 0) is 31.0 Å². The van der Waals surface area contributed by atoms with E-state index in [1.807, 2.05) is 25.1 Å². The first-order chi connectivity index (χ1) is 7.68. The lowest BCUT2D eigenvalue weighted by Gasteiger charge is -2.12. The van der Waals surface area contributed by atoms with Gasteiger partial charge in [-0.15, -0.1) is 0 Å². The second kappa shape index (κ2) is 4.97. The van der Waals surface area contributed by atoms with E-state index >= 15 is 0 Å². The van der Waals surface area contributed by atoms with E-state index in [0.29, 0.717) is 6.61 Å². The second-order valence-electron chi connectivity index (χ2n) is 3.95. The summed E-state index contributed by atoms with van der Waals surface area (Å²) in [5, 5.41) is 2.98. The molecule has 3 nitrogen and oxygen atoms in total. The highest BCUT2D eigenvalue weighted by molar-refractivity contribution is 9.10. The van der Waals surface area contributed by atoms with E-state index in [2.05, 4.69) is 21.2 Å². The standard InChI is InChI=1S/C12H14BrNO2/c1-8-10(3-2-4-11(8)13)12(15)14-9-5-6-16-7-9/h2-4,9H,5-7H2,1H3,(H,14,15). The van der Waals surface area contributed by atoms with Gasteiger partial charge in [0, 0.05) is 16.6 Å². The summed E-state index contributed by atoms with van der Waals surface area (Å²) in [5.41, 5.74) is 1.69. The molecular formula is C12H14BrNO2. The van der Waals surface area contributed by atoms with Gasteiger partial charge in [0.2, 0.25) is 0 Å². The number of carbonyl (C=O) groups excluding carboxylic acids is 1. The van der Waals surface area contributed by atoms with Crippen LogP contribution < -0.4 is 5.32 Å². The van der Waals surface area contributed by atoms with E-state index in [-0.39, 0.29) is 11.9 Å². The molecule has 1 N–H and O–H groups in total. The Kier molecular flexibility index (Phi) is 3.61. The summed E-state index contributed by atoms with van der Waals surface area (Å²) in [4.78, 5) is 12.0. The van der Waals surface area contributed by atoms with Crippen LogP contribution in [-0.2, 0) is 4.74 Å². The van der Waals surface area contributed by atoms with Crippen LogP contribution in [0, 0.1) is 6.92 Å². The van der Waals surface area contributed by atoms with Crippen molar-refractivity contribution in [2.75, 3.05) is 13.2 Å². The number of hydrogen-bond donors (Lipinski definition) is 1. The maximum absolute atomic E-state index is 12.0. The van der Waals surface area contributed by atoms with Crippen molar-refractivity contribution in [3.8, 4) is 0 Å². The number of amides is 1. The minimum Gasteiger partial charge on any atom is -0.379 e. The number of benzene rings is 1. The van der Waals surface area contributed by atoms with Crippen LogP contribution in [0.5, 0.6) is 0 Å². The predicted octanol–water partition coefficient (Wildman–Crippen LogP) is 2.28. The molecule has 1 saturated heterocycles. The van der Waals surface area contributed by atoms with Gasteiger partial charge in [-0.1, -0.05) is 22.0 Å². The van der Waals surface area contributed by atoms with Crippen molar-refractivity contribution in [2.45, 2.75) is 19.4 Å². The van der Waals surface area contributed by atoms with E-state index in [9.17, 15) is 4.79 Å². The van der Waals surface area contributed by atoms with Crippen molar-refractivity contribution in [3.05, 3.63) is 33.8 Å². The minimum atomic E-state index is -0.0192. The molecule has 1 fully saturated rings. The summed E-state index contributed by atoms with van der Waals surface area (Å²) in [6.45, 7) is 3.30. The fourth-order valence-corrected chi connectivity index (χ4v) is 2.13. The first-order valence-corrected chi connectivity index (χ1v) is 6.11. The fraction of sp³-hybridized carbons (Fsp3) is 0.417. The molecule has 1 aromatic rings. The molecule has 86 valence electrons. The molecular weight excluding hydrogens is 270 g/mol. The normalized spacial score (nSPS) is 19.8. The minimum absolute atomic E-state index is 0.0192. The molecule has 1 aromatic carbocycles. The van der Waals surface area contributed by atoms with Crippen LogP contribution in [0.3, 0.4) is 0 Å². The monoisotopic (exact) mass is 283 g/mol. The third-order valence-corrected chi connectivity index (χ3v) is 3.64. The highest BCUT2D eigenvalue weighted by atomic mass is 79.9. The lowest BCUT2D eigenvalue weighted by molar-refractivity contribution is 0.0929. The summed E-state index contributed by atoms with van der Waals surface area (Å²) < 4.78 is 6.18. The van der Waals surface area contributed by atoms with Crippen molar-refractivity contribution >= 4 is 21.8 Å². The molecule has 2 rings (SSSR count). The summed E-state index contributed by atoms with van der Waals surface area (Å²) in [7, 11) is 0. The lowest BCUT2D eigenvalue weighted by atomic mass is 10.1. The Hall–Kier alpha value is -0.870. The van der Waals surface area contributed by atoms with E-state index < -0.39 is 0 Å². The summed E-state index contributed by atoms with van der Waals surface area (Å²) in [6.07, 6.45) is 0.902. The SMILES string of the molecule is Cc1c(Br)cccc1C(=O)NC1CCOC1. The Labute approximate surface area is 103 Å². The van der Waals surface area contributed by atoms with Crippen molar-refractivity contribution < 1.29 is 9.53 Å². The Morgan fingerprint density at radius 2 is 2.38 bits per heavy atom. The molecule has 4 heteroatoms. The largest absolute Gasteiger partial charge is 0.379 e. The molecule has 1 amide bonds. The Balaban J connectivity index is 2.11. The molecule has 0 bridgehead atoms. The lowest BCUT2D eigenvalue weighted by Crippen LogP contribution is -2.35. The van der Waals surface area contributed by atoms with E-state index in [1.54, 1.807) is 0 Å². The van der Waals surface area contributed by atoms with Crippen LogP contribution in [-0.4, -0.2) is 25.2 Å². The molecule has 1 unspecified atom stereocenters. The fourth-order valence-electron chi connectivity index (χ4n) is 1.76. The Bertz CT molecular complexity index is 400. The highest BCUT2D eigenvalue weighted by Gasteiger charge is 2.19. The topological polar surface area (TPSA) is 38.3 Å². The quantitative estimate of drug-likeness (QED) is 0.904. The molecule has 1 atom stereocenters. The van der Waals surface area contributed by atoms with Crippen LogP contribution in [0.25, 0.3) is 0 Å². The Morgan fingerprint density at radius 1 is 1.56 bits per heavy atom. The first-order valence-electron chi connectivity index (χ1n) is 5.32. The molecule has 1 heterocycles. The van der Waals surface area contributed by atoms with Crippen molar-refractivity contribution in [1.82, 2.24) is 5.32 Å². The number of carbonyl (C=O) groups is 1. The number of rotatable bonds is 2. The first kappa shape index (κ1) is 11.6. The van der Waals surface area contributed by atoms with Crippen LogP contribution in [0.2, 0.25) is 0 Å². The van der Waals surface area contributed by atoms with Gasteiger partial charge in [0.05, 0.1) is 12.6 Å². The third-order valence-electron chi connectivity index (χ3n) is 2.78. The van der Waals surface area contributed by atoms with Crippen molar-refractivity contribution in [3.63, 3.8) is 0 Å². The number of halogens is 1.